The van der Waals surface area contributed by atoms with Gasteiger partial charge in [-0.05, 0) is 67.2 Å². The molecule has 0 aliphatic heterocycles. The maximum Gasteiger partial charge on any atom is 0.260 e. The van der Waals surface area contributed by atoms with E-state index in [-0.39, 0.29) is 0 Å². The van der Waals surface area contributed by atoms with Gasteiger partial charge in [0.05, 0.1) is 12.1 Å². The Morgan fingerprint density at radius 3 is 2.75 bits per heavy atom. The number of halogens is 1. The molecular weight excluding hydrogens is 342 g/mol. The fourth-order valence-electron chi connectivity index (χ4n) is 2.69. The zero-order valence-electron chi connectivity index (χ0n) is 13.8. The van der Waals surface area contributed by atoms with Crippen LogP contribution in [0.1, 0.15) is 35.4 Å². The quantitative estimate of drug-likeness (QED) is 0.717. The Hall–Kier alpha value is -1.78. The van der Waals surface area contributed by atoms with Crippen LogP contribution in [0.3, 0.4) is 0 Å². The normalized spacial score (nSPS) is 13.5. The highest BCUT2D eigenvalue weighted by Crippen LogP contribution is 2.43. The van der Waals surface area contributed by atoms with Gasteiger partial charge in [-0.3, -0.25) is 0 Å². The van der Waals surface area contributed by atoms with Crippen LogP contribution in [0.2, 0.25) is 5.02 Å². The highest BCUT2D eigenvalue weighted by atomic mass is 35.5. The predicted molar refractivity (Wildman–Crippen MR) is 102 cm³/mol. The molecule has 1 aliphatic carbocycles. The molecular formula is C19H20ClNO2S. The molecule has 0 aromatic heterocycles. The van der Waals surface area contributed by atoms with Gasteiger partial charge in [-0.15, -0.1) is 0 Å². The lowest BCUT2D eigenvalue weighted by Crippen LogP contribution is -2.14. The lowest BCUT2D eigenvalue weighted by molar-refractivity contribution is 0.305. The Morgan fingerprint density at radius 2 is 2.08 bits per heavy atom. The zero-order chi connectivity index (χ0) is 17.1. The molecule has 2 aromatic rings. The number of hydrogen-bond donors (Lipinski definition) is 1. The summed E-state index contributed by atoms with van der Waals surface area (Å²) in [6.07, 6.45) is 2.44. The van der Waals surface area contributed by atoms with Gasteiger partial charge in [-0.25, -0.2) is 0 Å². The molecule has 2 aromatic carbocycles. The Kier molecular flexibility index (Phi) is 5.27. The zero-order valence-corrected chi connectivity index (χ0v) is 15.3. The molecule has 0 atom stereocenters. The van der Waals surface area contributed by atoms with Crippen LogP contribution in [-0.2, 0) is 11.3 Å². The first-order valence-electron chi connectivity index (χ1n) is 7.94. The average Bonchev–Trinajstić information content (AvgIpc) is 3.39. The Morgan fingerprint density at radius 1 is 1.29 bits per heavy atom. The van der Waals surface area contributed by atoms with Crippen molar-refractivity contribution in [3.8, 4) is 5.75 Å². The SMILES string of the molecule is COC(=S)Nc1cccc(C2CC2)c1COc1ccc(C)cc1Cl. The first-order chi connectivity index (χ1) is 11.6. The summed E-state index contributed by atoms with van der Waals surface area (Å²) in [7, 11) is 1.56. The van der Waals surface area contributed by atoms with Crippen molar-refractivity contribution in [2.24, 2.45) is 0 Å². The van der Waals surface area contributed by atoms with Crippen LogP contribution < -0.4 is 10.1 Å². The third-order valence-corrected chi connectivity index (χ3v) is 4.68. The fourth-order valence-corrected chi connectivity index (χ4v) is 3.09. The first kappa shape index (κ1) is 17.1. The molecule has 0 spiro atoms. The number of thiocarbonyl (C=S) groups is 1. The van der Waals surface area contributed by atoms with Gasteiger partial charge in [0.1, 0.15) is 12.4 Å². The second-order valence-electron chi connectivity index (χ2n) is 5.99. The minimum atomic E-state index is 0.345. The summed E-state index contributed by atoms with van der Waals surface area (Å²) in [5, 5.41) is 4.11. The van der Waals surface area contributed by atoms with Crippen molar-refractivity contribution in [3.05, 3.63) is 58.1 Å². The van der Waals surface area contributed by atoms with E-state index >= 15 is 0 Å². The maximum atomic E-state index is 6.28. The van der Waals surface area contributed by atoms with Crippen molar-refractivity contribution < 1.29 is 9.47 Å². The summed E-state index contributed by atoms with van der Waals surface area (Å²) in [6, 6.07) is 12.0. The van der Waals surface area contributed by atoms with Crippen molar-refractivity contribution >= 4 is 34.7 Å². The van der Waals surface area contributed by atoms with E-state index in [1.165, 1.54) is 18.4 Å². The van der Waals surface area contributed by atoms with Crippen molar-refractivity contribution in [2.45, 2.75) is 32.3 Å². The van der Waals surface area contributed by atoms with Gasteiger partial charge in [0.25, 0.3) is 5.17 Å². The van der Waals surface area contributed by atoms with E-state index in [1.807, 2.05) is 37.3 Å². The minimum Gasteiger partial charge on any atom is -0.487 e. The van der Waals surface area contributed by atoms with Crippen molar-refractivity contribution in [1.82, 2.24) is 0 Å². The molecule has 0 amide bonds. The standard InChI is InChI=1S/C19H20ClNO2S/c1-12-6-9-18(16(20)10-12)23-11-15-14(13-7-8-13)4-3-5-17(15)21-19(24)22-2/h3-6,9-10,13H,7-8,11H2,1-2H3,(H,21,24). The van der Waals surface area contributed by atoms with Gasteiger partial charge in [-0.2, -0.15) is 0 Å². The van der Waals surface area contributed by atoms with Crippen molar-refractivity contribution in [2.75, 3.05) is 12.4 Å². The molecule has 5 heteroatoms. The lowest BCUT2D eigenvalue weighted by atomic mass is 10.0. The van der Waals surface area contributed by atoms with Crippen molar-refractivity contribution in [1.29, 1.82) is 0 Å². The Bertz CT molecular complexity index is 759. The smallest absolute Gasteiger partial charge is 0.260 e. The summed E-state index contributed by atoms with van der Waals surface area (Å²) in [5.74, 6) is 1.29. The molecule has 1 saturated carbocycles. The molecule has 3 rings (SSSR count). The van der Waals surface area contributed by atoms with Gasteiger partial charge in [0.15, 0.2) is 0 Å². The molecule has 3 nitrogen and oxygen atoms in total. The number of hydrogen-bond acceptors (Lipinski definition) is 3. The maximum absolute atomic E-state index is 6.28. The highest BCUT2D eigenvalue weighted by Gasteiger charge is 2.27. The van der Waals surface area contributed by atoms with E-state index in [2.05, 4.69) is 11.4 Å². The number of aryl methyl sites for hydroxylation is 1. The summed E-state index contributed by atoms with van der Waals surface area (Å²) < 4.78 is 11.1. The Labute approximate surface area is 152 Å². The topological polar surface area (TPSA) is 30.5 Å². The molecule has 0 bridgehead atoms. The number of benzene rings is 2. The van der Waals surface area contributed by atoms with E-state index in [0.717, 1.165) is 16.8 Å². The predicted octanol–water partition coefficient (Wildman–Crippen LogP) is 5.45. The Balaban J connectivity index is 1.85. The molecule has 126 valence electrons. The number of nitrogens with one attached hydrogen (secondary N) is 1. The third-order valence-electron chi connectivity index (χ3n) is 4.11. The molecule has 24 heavy (non-hydrogen) atoms. The minimum absolute atomic E-state index is 0.345. The summed E-state index contributed by atoms with van der Waals surface area (Å²) >= 11 is 11.4. The van der Waals surface area contributed by atoms with Crippen LogP contribution in [0.4, 0.5) is 5.69 Å². The average molecular weight is 362 g/mol. The van der Waals surface area contributed by atoms with Gasteiger partial charge in [0, 0.05) is 11.3 Å². The second-order valence-corrected chi connectivity index (χ2v) is 6.76. The molecule has 0 heterocycles. The van der Waals surface area contributed by atoms with E-state index < -0.39 is 0 Å². The molecule has 1 N–H and O–H groups in total. The summed E-state index contributed by atoms with van der Waals surface area (Å²) in [6.45, 7) is 2.44. The van der Waals surface area contributed by atoms with Crippen LogP contribution in [0.25, 0.3) is 0 Å². The second kappa shape index (κ2) is 7.41. The highest BCUT2D eigenvalue weighted by molar-refractivity contribution is 7.80. The van der Waals surface area contributed by atoms with E-state index in [1.54, 1.807) is 7.11 Å². The van der Waals surface area contributed by atoms with Crippen LogP contribution in [-0.4, -0.2) is 12.3 Å². The van der Waals surface area contributed by atoms with E-state index in [4.69, 9.17) is 33.3 Å². The van der Waals surface area contributed by atoms with Crippen LogP contribution in [0.15, 0.2) is 36.4 Å². The monoisotopic (exact) mass is 361 g/mol. The largest absolute Gasteiger partial charge is 0.487 e. The number of methoxy groups -OCH3 is 1. The van der Waals surface area contributed by atoms with Crippen LogP contribution in [0, 0.1) is 6.92 Å². The first-order valence-corrected chi connectivity index (χ1v) is 8.73. The van der Waals surface area contributed by atoms with Gasteiger partial charge in [-0.1, -0.05) is 29.8 Å². The van der Waals surface area contributed by atoms with Gasteiger partial charge < -0.3 is 14.8 Å². The van der Waals surface area contributed by atoms with Gasteiger partial charge in [0.2, 0.25) is 0 Å². The van der Waals surface area contributed by atoms with Crippen molar-refractivity contribution in [3.63, 3.8) is 0 Å². The molecule has 1 fully saturated rings. The van der Waals surface area contributed by atoms with E-state index in [0.29, 0.717) is 28.5 Å². The number of anilines is 1. The third kappa shape index (κ3) is 4.00. The molecule has 0 unspecified atom stereocenters. The molecule has 0 saturated heterocycles. The number of ether oxygens (including phenoxy) is 2. The molecule has 1 aliphatic rings. The van der Waals surface area contributed by atoms with Gasteiger partial charge >= 0.3 is 0 Å². The van der Waals surface area contributed by atoms with E-state index in [9.17, 15) is 0 Å². The van der Waals surface area contributed by atoms with Crippen LogP contribution >= 0.6 is 23.8 Å². The van der Waals surface area contributed by atoms with Crippen LogP contribution in [0.5, 0.6) is 5.75 Å². The fraction of sp³-hybridized carbons (Fsp3) is 0.316. The number of rotatable bonds is 5. The summed E-state index contributed by atoms with van der Waals surface area (Å²) in [4.78, 5) is 0. The molecule has 0 radical (unpaired) electrons. The lowest BCUT2D eigenvalue weighted by Gasteiger charge is -2.17. The summed E-state index contributed by atoms with van der Waals surface area (Å²) in [5.41, 5.74) is 4.45.